The largest absolute Gasteiger partial charge is 0.399 e. The zero-order valence-corrected chi connectivity index (χ0v) is 33.5. The van der Waals surface area contributed by atoms with E-state index in [0.717, 1.165) is 24.6 Å². The summed E-state index contributed by atoms with van der Waals surface area (Å²) in [7, 11) is -18.8. The fourth-order valence-electron chi connectivity index (χ4n) is 4.74. The zero-order valence-electron chi connectivity index (χ0n) is 28.7. The SMILES string of the molecule is NOC=Nc1cc(Nc2nc(Cl)nc(Nc3ccc(S(=O)(=O)CCOS(=O)(=O)O)cc3)n2)ccc1N=Nc1cc2c(S(=O)(=O)O)cc(SOOO)cc2cc1S(=O)(=O)O. The highest BCUT2D eigenvalue weighted by atomic mass is 35.5. The summed E-state index contributed by atoms with van der Waals surface area (Å²) < 4.78 is 133. The van der Waals surface area contributed by atoms with Crippen molar-refractivity contribution in [1.82, 2.24) is 15.0 Å². The standard InChI is InChI=1S/C28H24ClN9O16S5/c29-26-34-27(32-16-1-4-19(5-2-16)56(40,41)8-7-52-59(48,49)50)36-28(35-26)33-17-3-6-21(22(11-17)31-14-51-30)37-38-23-13-20-15(10-25(23)58(45,46)47)9-18(55-54-53-39)12-24(20)57(42,43)44/h1-6,9-14,39H,7-8,30H2,(H,42,43,44)(H,45,46,47)(H,48,49,50)(H2,32,33,34,35,36). The summed E-state index contributed by atoms with van der Waals surface area (Å²) in [6.45, 7) is -0.809. The van der Waals surface area contributed by atoms with Crippen molar-refractivity contribution in [3.8, 4) is 0 Å². The van der Waals surface area contributed by atoms with Crippen LogP contribution >= 0.6 is 23.6 Å². The Morgan fingerprint density at radius 2 is 1.39 bits per heavy atom. The van der Waals surface area contributed by atoms with Gasteiger partial charge >= 0.3 is 10.4 Å². The van der Waals surface area contributed by atoms with Crippen LogP contribution in [-0.2, 0) is 58.9 Å². The molecule has 0 atom stereocenters. The van der Waals surface area contributed by atoms with Crippen molar-refractivity contribution in [1.29, 1.82) is 0 Å². The maximum Gasteiger partial charge on any atom is 0.397 e. The van der Waals surface area contributed by atoms with E-state index in [2.05, 4.69) is 59.2 Å². The highest BCUT2D eigenvalue weighted by molar-refractivity contribution is 7.94. The van der Waals surface area contributed by atoms with Gasteiger partial charge in [0.05, 0.1) is 35.0 Å². The molecule has 31 heteroatoms. The summed E-state index contributed by atoms with van der Waals surface area (Å²) in [5.41, 5.74) is -0.138. The molecule has 1 aromatic heterocycles. The maximum atomic E-state index is 12.5. The molecular weight excluding hydrogens is 914 g/mol. The quantitative estimate of drug-likeness (QED) is 0.0120. The first-order chi connectivity index (χ1) is 27.6. The molecule has 0 radical (unpaired) electrons. The molecule has 0 unspecified atom stereocenters. The number of hydrogen-bond donors (Lipinski definition) is 7. The Hall–Kier alpha value is -5.06. The Balaban J connectivity index is 1.42. The summed E-state index contributed by atoms with van der Waals surface area (Å²) >= 11 is 6.42. The van der Waals surface area contributed by atoms with Crippen LogP contribution in [0.3, 0.4) is 0 Å². The van der Waals surface area contributed by atoms with E-state index in [1.54, 1.807) is 0 Å². The van der Waals surface area contributed by atoms with Crippen molar-refractivity contribution in [3.63, 3.8) is 0 Å². The molecule has 0 aliphatic carbocycles. The number of nitrogens with two attached hydrogens (primary N) is 1. The molecule has 0 bridgehead atoms. The number of benzene rings is 4. The van der Waals surface area contributed by atoms with Crippen molar-refractivity contribution in [3.05, 3.63) is 72.0 Å². The number of rotatable bonds is 18. The van der Waals surface area contributed by atoms with Gasteiger partial charge in [0.1, 0.15) is 21.2 Å². The van der Waals surface area contributed by atoms with Gasteiger partial charge in [-0.25, -0.2) is 22.9 Å². The third kappa shape index (κ3) is 12.5. The Bertz CT molecular complexity index is 2910. The molecule has 0 spiro atoms. The lowest BCUT2D eigenvalue weighted by Gasteiger charge is -2.11. The minimum atomic E-state index is -5.05. The summed E-state index contributed by atoms with van der Waals surface area (Å²) in [6.07, 6.45) is 0.809. The van der Waals surface area contributed by atoms with Gasteiger partial charge in [0.25, 0.3) is 20.2 Å². The topological polar surface area (TPSA) is 380 Å². The number of anilines is 4. The van der Waals surface area contributed by atoms with Crippen LogP contribution in [0.15, 0.2) is 102 Å². The fourth-order valence-corrected chi connectivity index (χ4v) is 8.28. The molecule has 0 saturated heterocycles. The molecule has 5 rings (SSSR count). The fraction of sp³-hybridized carbons (Fsp3) is 0.0714. The molecule has 25 nitrogen and oxygen atoms in total. The Labute approximate surface area is 341 Å². The van der Waals surface area contributed by atoms with E-state index in [1.807, 2.05) is 0 Å². The van der Waals surface area contributed by atoms with Crippen LogP contribution in [0.2, 0.25) is 5.28 Å². The average Bonchev–Trinajstić information content (AvgIpc) is 3.13. The second-order valence-corrected chi connectivity index (χ2v) is 18.1. The number of aliphatic imine (C=N–C) groups is 1. The van der Waals surface area contributed by atoms with Crippen LogP contribution in [0.5, 0.6) is 0 Å². The van der Waals surface area contributed by atoms with Gasteiger partial charge in [-0.1, -0.05) is 5.04 Å². The highest BCUT2D eigenvalue weighted by Crippen LogP contribution is 2.39. The van der Waals surface area contributed by atoms with Crippen LogP contribution in [-0.4, -0.2) is 86.3 Å². The number of fused-ring (bicyclic) bond motifs is 1. The summed E-state index contributed by atoms with van der Waals surface area (Å²) in [5, 5.41) is 24.9. The molecule has 0 aliphatic heterocycles. The Kier molecular flexibility index (Phi) is 14.1. The second-order valence-electron chi connectivity index (χ2n) is 11.0. The van der Waals surface area contributed by atoms with E-state index in [1.165, 1.54) is 48.5 Å². The van der Waals surface area contributed by atoms with Gasteiger partial charge in [-0.05, 0) is 83.7 Å². The lowest BCUT2D eigenvalue weighted by Crippen LogP contribution is -2.15. The van der Waals surface area contributed by atoms with Crippen LogP contribution in [0, 0.1) is 0 Å². The lowest BCUT2D eigenvalue weighted by atomic mass is 10.1. The number of halogens is 1. The third-order valence-corrected chi connectivity index (χ3v) is 11.8. The van der Waals surface area contributed by atoms with Gasteiger partial charge in [-0.2, -0.15) is 46.1 Å². The predicted molar refractivity (Wildman–Crippen MR) is 206 cm³/mol. The molecular formula is C28H24ClN9O16S5. The molecule has 0 amide bonds. The number of aromatic nitrogens is 3. The molecule has 59 heavy (non-hydrogen) atoms. The van der Waals surface area contributed by atoms with Gasteiger partial charge < -0.3 is 15.5 Å². The normalized spacial score (nSPS) is 12.7. The minimum Gasteiger partial charge on any atom is -0.399 e. The number of nitrogens with one attached hydrogen (secondary N) is 2. The molecule has 0 fully saturated rings. The Morgan fingerprint density at radius 1 is 0.763 bits per heavy atom. The van der Waals surface area contributed by atoms with E-state index in [0.29, 0.717) is 17.7 Å². The van der Waals surface area contributed by atoms with E-state index in [-0.39, 0.29) is 54.8 Å². The van der Waals surface area contributed by atoms with Crippen molar-refractivity contribution in [2.45, 2.75) is 19.6 Å². The molecule has 0 aliphatic rings. The molecule has 1 heterocycles. The Morgan fingerprint density at radius 3 is 2.00 bits per heavy atom. The molecule has 314 valence electrons. The molecule has 8 N–H and O–H groups in total. The maximum absolute atomic E-state index is 12.5. The number of hydrogen-bond acceptors (Lipinski definition) is 23. The number of nitrogens with zero attached hydrogens (tertiary/aromatic N) is 6. The van der Waals surface area contributed by atoms with Gasteiger partial charge in [-0.15, -0.1) is 14.6 Å². The monoisotopic (exact) mass is 937 g/mol. The van der Waals surface area contributed by atoms with E-state index in [9.17, 15) is 42.8 Å². The van der Waals surface area contributed by atoms with Gasteiger partial charge in [-0.3, -0.25) is 13.7 Å². The van der Waals surface area contributed by atoms with Crippen LogP contribution < -0.4 is 16.5 Å². The van der Waals surface area contributed by atoms with E-state index >= 15 is 0 Å². The van der Waals surface area contributed by atoms with E-state index in [4.69, 9.17) is 27.3 Å². The second kappa shape index (κ2) is 18.5. The van der Waals surface area contributed by atoms with Crippen molar-refractivity contribution >= 4 is 122 Å². The average molecular weight is 938 g/mol. The summed E-state index contributed by atoms with van der Waals surface area (Å²) in [4.78, 5) is 18.8. The summed E-state index contributed by atoms with van der Waals surface area (Å²) in [6, 6.07) is 13.1. The van der Waals surface area contributed by atoms with Gasteiger partial charge in [0.2, 0.25) is 23.6 Å². The first kappa shape index (κ1) is 45.0. The summed E-state index contributed by atoms with van der Waals surface area (Å²) in [5.74, 6) is 4.13. The van der Waals surface area contributed by atoms with Crippen LogP contribution in [0.25, 0.3) is 10.8 Å². The van der Waals surface area contributed by atoms with Crippen molar-refractivity contribution in [2.24, 2.45) is 21.1 Å². The molecule has 5 aromatic rings. The minimum absolute atomic E-state index is 0.0251. The first-order valence-corrected chi connectivity index (χ1v) is 22.2. The number of sulfone groups is 1. The van der Waals surface area contributed by atoms with Gasteiger partial charge in [0, 0.05) is 21.7 Å². The zero-order chi connectivity index (χ0) is 43.2. The third-order valence-electron chi connectivity index (χ3n) is 7.10. The van der Waals surface area contributed by atoms with E-state index < -0.39 is 68.3 Å². The molecule has 4 aromatic carbocycles. The van der Waals surface area contributed by atoms with Crippen LogP contribution in [0.1, 0.15) is 0 Å². The van der Waals surface area contributed by atoms with Crippen molar-refractivity contribution < 1.29 is 71.0 Å². The lowest BCUT2D eigenvalue weighted by molar-refractivity contribution is -0.432. The van der Waals surface area contributed by atoms with Crippen LogP contribution in [0.4, 0.5) is 40.3 Å². The van der Waals surface area contributed by atoms with Crippen molar-refractivity contribution in [2.75, 3.05) is 23.0 Å². The highest BCUT2D eigenvalue weighted by Gasteiger charge is 2.23. The van der Waals surface area contributed by atoms with Gasteiger partial charge in [0.15, 0.2) is 9.84 Å². The smallest absolute Gasteiger partial charge is 0.397 e. The first-order valence-electron chi connectivity index (χ1n) is 15.2. The number of azo groups is 1. The predicted octanol–water partition coefficient (Wildman–Crippen LogP) is 4.65. The molecule has 0 saturated carbocycles.